The van der Waals surface area contributed by atoms with Gasteiger partial charge in [0, 0.05) is 31.7 Å². The molecule has 6 heteroatoms. The van der Waals surface area contributed by atoms with E-state index in [0.29, 0.717) is 19.6 Å². The second-order valence-electron chi connectivity index (χ2n) is 6.77. The van der Waals surface area contributed by atoms with E-state index >= 15 is 0 Å². The minimum Gasteiger partial charge on any atom is -0.369 e. The summed E-state index contributed by atoms with van der Waals surface area (Å²) in [5.41, 5.74) is 7.33. The predicted octanol–water partition coefficient (Wildman–Crippen LogP) is 1.07. The predicted molar refractivity (Wildman–Crippen MR) is 90.1 cm³/mol. The van der Waals surface area contributed by atoms with Gasteiger partial charge in [-0.25, -0.2) is 0 Å². The lowest BCUT2D eigenvalue weighted by Crippen LogP contribution is -2.46. The highest BCUT2D eigenvalue weighted by molar-refractivity contribution is 6.00. The standard InChI is InChI=1S/C18H23N3O3/c1-12-4-6-15(7-5-12)21-11-14(9-16(21)22)18(24)20-8-2-3-13(10-20)17(19)23/h4-7,13-14H,2-3,8-11H2,1H3,(H2,19,23). The summed E-state index contributed by atoms with van der Waals surface area (Å²) in [5.74, 6) is -1.03. The van der Waals surface area contributed by atoms with Crippen molar-refractivity contribution in [3.63, 3.8) is 0 Å². The first-order chi connectivity index (χ1) is 11.5. The molecule has 1 aromatic rings. The molecule has 2 saturated heterocycles. The molecule has 0 radical (unpaired) electrons. The smallest absolute Gasteiger partial charge is 0.228 e. The van der Waals surface area contributed by atoms with Gasteiger partial charge in [-0.1, -0.05) is 17.7 Å². The molecular formula is C18H23N3O3. The molecule has 2 heterocycles. The lowest BCUT2D eigenvalue weighted by atomic mass is 9.96. The fourth-order valence-corrected chi connectivity index (χ4v) is 3.51. The molecule has 3 amide bonds. The minimum absolute atomic E-state index is 0.0272. The average molecular weight is 329 g/mol. The van der Waals surface area contributed by atoms with Crippen LogP contribution < -0.4 is 10.6 Å². The molecule has 128 valence electrons. The SMILES string of the molecule is Cc1ccc(N2CC(C(=O)N3CCCC(C(N)=O)C3)CC2=O)cc1. The van der Waals surface area contributed by atoms with Gasteiger partial charge in [0.05, 0.1) is 11.8 Å². The maximum atomic E-state index is 12.7. The Bertz CT molecular complexity index is 656. The second kappa shape index (κ2) is 6.63. The van der Waals surface area contributed by atoms with E-state index in [1.54, 1.807) is 9.80 Å². The van der Waals surface area contributed by atoms with Gasteiger partial charge in [0.1, 0.15) is 0 Å². The summed E-state index contributed by atoms with van der Waals surface area (Å²) in [7, 11) is 0. The van der Waals surface area contributed by atoms with Crippen molar-refractivity contribution < 1.29 is 14.4 Å². The highest BCUT2D eigenvalue weighted by Gasteiger charge is 2.38. The van der Waals surface area contributed by atoms with Crippen LogP contribution in [0.5, 0.6) is 0 Å². The third-order valence-electron chi connectivity index (χ3n) is 4.96. The summed E-state index contributed by atoms with van der Waals surface area (Å²) in [6.07, 6.45) is 1.74. The molecule has 2 aliphatic rings. The van der Waals surface area contributed by atoms with Gasteiger partial charge in [0.25, 0.3) is 0 Å². The van der Waals surface area contributed by atoms with Gasteiger partial charge in [-0.15, -0.1) is 0 Å². The van der Waals surface area contributed by atoms with Crippen LogP contribution in [0, 0.1) is 18.8 Å². The number of benzene rings is 1. The molecule has 2 fully saturated rings. The van der Waals surface area contributed by atoms with Crippen molar-refractivity contribution in [1.29, 1.82) is 0 Å². The third kappa shape index (κ3) is 3.27. The van der Waals surface area contributed by atoms with E-state index in [0.717, 1.165) is 24.1 Å². The largest absolute Gasteiger partial charge is 0.369 e. The van der Waals surface area contributed by atoms with Crippen molar-refractivity contribution in [3.05, 3.63) is 29.8 Å². The van der Waals surface area contributed by atoms with Crippen LogP contribution in [0.1, 0.15) is 24.8 Å². The molecular weight excluding hydrogens is 306 g/mol. The van der Waals surface area contributed by atoms with Gasteiger partial charge < -0.3 is 15.5 Å². The molecule has 2 N–H and O–H groups in total. The van der Waals surface area contributed by atoms with E-state index in [1.165, 1.54) is 0 Å². The van der Waals surface area contributed by atoms with E-state index in [1.807, 2.05) is 31.2 Å². The van der Waals surface area contributed by atoms with Crippen LogP contribution >= 0.6 is 0 Å². The Morgan fingerprint density at radius 2 is 1.83 bits per heavy atom. The quantitative estimate of drug-likeness (QED) is 0.900. The van der Waals surface area contributed by atoms with Crippen LogP contribution in [-0.4, -0.2) is 42.3 Å². The number of rotatable bonds is 3. The number of nitrogens with two attached hydrogens (primary N) is 1. The maximum absolute atomic E-state index is 12.7. The number of likely N-dealkylation sites (tertiary alicyclic amines) is 1. The monoisotopic (exact) mass is 329 g/mol. The molecule has 3 rings (SSSR count). The Morgan fingerprint density at radius 3 is 2.50 bits per heavy atom. The number of nitrogens with zero attached hydrogens (tertiary/aromatic N) is 2. The van der Waals surface area contributed by atoms with Crippen molar-refractivity contribution in [2.45, 2.75) is 26.2 Å². The zero-order valence-electron chi connectivity index (χ0n) is 13.9. The summed E-state index contributed by atoms with van der Waals surface area (Å²) >= 11 is 0. The lowest BCUT2D eigenvalue weighted by molar-refractivity contribution is -0.139. The number of carbonyl (C=O) groups is 3. The molecule has 0 aliphatic carbocycles. The van der Waals surface area contributed by atoms with Gasteiger partial charge in [-0.05, 0) is 31.9 Å². The Morgan fingerprint density at radius 1 is 1.12 bits per heavy atom. The normalized spacial score (nSPS) is 24.3. The number of hydrogen-bond acceptors (Lipinski definition) is 3. The average Bonchev–Trinajstić information content (AvgIpc) is 2.97. The van der Waals surface area contributed by atoms with E-state index < -0.39 is 0 Å². The fraction of sp³-hybridized carbons (Fsp3) is 0.500. The summed E-state index contributed by atoms with van der Waals surface area (Å²) in [6.45, 7) is 3.41. The first kappa shape index (κ1) is 16.5. The van der Waals surface area contributed by atoms with E-state index in [4.69, 9.17) is 5.73 Å². The molecule has 24 heavy (non-hydrogen) atoms. The third-order valence-corrected chi connectivity index (χ3v) is 4.96. The zero-order chi connectivity index (χ0) is 17.3. The summed E-state index contributed by atoms with van der Waals surface area (Å²) in [4.78, 5) is 39.8. The molecule has 0 spiro atoms. The highest BCUT2D eigenvalue weighted by Crippen LogP contribution is 2.28. The maximum Gasteiger partial charge on any atom is 0.228 e. The molecule has 6 nitrogen and oxygen atoms in total. The van der Waals surface area contributed by atoms with E-state index in [-0.39, 0.29) is 36.0 Å². The molecule has 0 aromatic heterocycles. The van der Waals surface area contributed by atoms with Gasteiger partial charge in [-0.2, -0.15) is 0 Å². The first-order valence-corrected chi connectivity index (χ1v) is 8.41. The Kier molecular flexibility index (Phi) is 4.55. The minimum atomic E-state index is -0.351. The molecule has 2 unspecified atom stereocenters. The number of piperidine rings is 1. The number of carbonyl (C=O) groups excluding carboxylic acids is 3. The number of anilines is 1. The van der Waals surface area contributed by atoms with Gasteiger partial charge in [0.15, 0.2) is 0 Å². The van der Waals surface area contributed by atoms with Crippen molar-refractivity contribution in [3.8, 4) is 0 Å². The fourth-order valence-electron chi connectivity index (χ4n) is 3.51. The topological polar surface area (TPSA) is 83.7 Å². The van der Waals surface area contributed by atoms with Crippen molar-refractivity contribution in [2.24, 2.45) is 17.6 Å². The number of hydrogen-bond donors (Lipinski definition) is 1. The highest BCUT2D eigenvalue weighted by atomic mass is 16.2. The zero-order valence-corrected chi connectivity index (χ0v) is 13.9. The van der Waals surface area contributed by atoms with Crippen molar-refractivity contribution in [2.75, 3.05) is 24.5 Å². The molecule has 0 saturated carbocycles. The van der Waals surface area contributed by atoms with Gasteiger partial charge >= 0.3 is 0 Å². The van der Waals surface area contributed by atoms with Crippen molar-refractivity contribution in [1.82, 2.24) is 4.90 Å². The van der Waals surface area contributed by atoms with Crippen LogP contribution in [0.15, 0.2) is 24.3 Å². The summed E-state index contributed by atoms with van der Waals surface area (Å²) in [5, 5.41) is 0. The Labute approximate surface area is 141 Å². The first-order valence-electron chi connectivity index (χ1n) is 8.41. The Balaban J connectivity index is 1.67. The van der Waals surface area contributed by atoms with E-state index in [2.05, 4.69) is 0 Å². The lowest BCUT2D eigenvalue weighted by Gasteiger charge is -2.32. The van der Waals surface area contributed by atoms with Crippen molar-refractivity contribution >= 4 is 23.4 Å². The summed E-state index contributed by atoms with van der Waals surface area (Å²) in [6, 6.07) is 7.73. The van der Waals surface area contributed by atoms with Crippen LogP contribution in [0.4, 0.5) is 5.69 Å². The van der Waals surface area contributed by atoms with Crippen LogP contribution in [0.2, 0.25) is 0 Å². The number of amides is 3. The molecule has 2 atom stereocenters. The second-order valence-corrected chi connectivity index (χ2v) is 6.77. The number of primary amides is 1. The van der Waals surface area contributed by atoms with Gasteiger partial charge in [0.2, 0.25) is 17.7 Å². The number of aryl methyl sites for hydroxylation is 1. The molecule has 1 aromatic carbocycles. The summed E-state index contributed by atoms with van der Waals surface area (Å²) < 4.78 is 0. The van der Waals surface area contributed by atoms with Crippen LogP contribution in [-0.2, 0) is 14.4 Å². The van der Waals surface area contributed by atoms with Gasteiger partial charge in [-0.3, -0.25) is 14.4 Å². The Hall–Kier alpha value is -2.37. The molecule has 0 bridgehead atoms. The van der Waals surface area contributed by atoms with Crippen LogP contribution in [0.3, 0.4) is 0 Å². The van der Waals surface area contributed by atoms with Crippen LogP contribution in [0.25, 0.3) is 0 Å². The molecule has 2 aliphatic heterocycles. The van der Waals surface area contributed by atoms with E-state index in [9.17, 15) is 14.4 Å².